The quantitative estimate of drug-likeness (QED) is 0.838. The van der Waals surface area contributed by atoms with Crippen molar-refractivity contribution in [2.45, 2.75) is 13.3 Å². The largest absolute Gasteiger partial charge is 0.393 e. The van der Waals surface area contributed by atoms with Gasteiger partial charge in [0.2, 0.25) is 0 Å². The molecule has 5 heteroatoms. The fourth-order valence-electron chi connectivity index (χ4n) is 1.28. The van der Waals surface area contributed by atoms with Gasteiger partial charge in [-0.1, -0.05) is 28.1 Å². The normalized spacial score (nSPS) is 9.88. The molecule has 0 spiro atoms. The van der Waals surface area contributed by atoms with Crippen molar-refractivity contribution < 1.29 is 4.79 Å². The zero-order valence-electron chi connectivity index (χ0n) is 8.92. The van der Waals surface area contributed by atoms with Gasteiger partial charge in [-0.25, -0.2) is 0 Å². The molecule has 3 nitrogen and oxygen atoms in total. The Kier molecular flexibility index (Phi) is 4.89. The van der Waals surface area contributed by atoms with Crippen LogP contribution < -0.4 is 11.1 Å². The summed E-state index contributed by atoms with van der Waals surface area (Å²) in [6.07, 6.45) is 0.524. The molecule has 0 heterocycles. The topological polar surface area (TPSA) is 55.1 Å². The Balaban J connectivity index is 2.63. The first kappa shape index (κ1) is 13.1. The minimum absolute atomic E-state index is 0.0961. The van der Waals surface area contributed by atoms with Gasteiger partial charge >= 0.3 is 0 Å². The monoisotopic (exact) mass is 300 g/mol. The van der Waals surface area contributed by atoms with Crippen molar-refractivity contribution in [2.75, 3.05) is 6.54 Å². The highest BCUT2D eigenvalue weighted by Crippen LogP contribution is 2.15. The van der Waals surface area contributed by atoms with Crippen LogP contribution in [0.3, 0.4) is 0 Å². The molecule has 1 rings (SSSR count). The molecule has 3 N–H and O–H groups in total. The highest BCUT2D eigenvalue weighted by molar-refractivity contribution is 9.10. The third-order valence-corrected chi connectivity index (χ3v) is 2.79. The number of aryl methyl sites for hydroxylation is 1. The molecule has 86 valence electrons. The Morgan fingerprint density at radius 3 is 2.81 bits per heavy atom. The van der Waals surface area contributed by atoms with Crippen molar-refractivity contribution in [1.29, 1.82) is 0 Å². The molecule has 0 saturated heterocycles. The van der Waals surface area contributed by atoms with E-state index in [1.807, 2.05) is 19.1 Å². The molecule has 1 amide bonds. The van der Waals surface area contributed by atoms with E-state index in [0.717, 1.165) is 10.0 Å². The number of carbonyl (C=O) groups excluding carboxylic acids is 1. The second-order valence-electron chi connectivity index (χ2n) is 3.43. The van der Waals surface area contributed by atoms with E-state index in [9.17, 15) is 4.79 Å². The van der Waals surface area contributed by atoms with Gasteiger partial charge in [0, 0.05) is 23.0 Å². The molecule has 0 unspecified atom stereocenters. The van der Waals surface area contributed by atoms with Crippen molar-refractivity contribution in [2.24, 2.45) is 5.73 Å². The zero-order valence-corrected chi connectivity index (χ0v) is 11.3. The predicted molar refractivity (Wildman–Crippen MR) is 72.6 cm³/mol. The first-order valence-electron chi connectivity index (χ1n) is 4.83. The number of thiocarbonyl (C=S) groups is 1. The second-order valence-corrected chi connectivity index (χ2v) is 4.87. The average Bonchev–Trinajstić information content (AvgIpc) is 2.16. The number of nitrogens with two attached hydrogens (primary N) is 1. The van der Waals surface area contributed by atoms with Crippen molar-refractivity contribution >= 4 is 39.0 Å². The van der Waals surface area contributed by atoms with E-state index in [0.29, 0.717) is 23.5 Å². The van der Waals surface area contributed by atoms with Crippen LogP contribution in [-0.4, -0.2) is 17.4 Å². The van der Waals surface area contributed by atoms with Crippen LogP contribution in [0.5, 0.6) is 0 Å². The molecule has 0 radical (unpaired) electrons. The molecule has 0 aliphatic rings. The smallest absolute Gasteiger partial charge is 0.251 e. The molecule has 0 aromatic heterocycles. The Morgan fingerprint density at radius 2 is 2.25 bits per heavy atom. The Morgan fingerprint density at radius 1 is 1.56 bits per heavy atom. The maximum atomic E-state index is 11.7. The van der Waals surface area contributed by atoms with Gasteiger partial charge in [-0.2, -0.15) is 0 Å². The molecule has 0 fully saturated rings. The SMILES string of the molecule is Cc1cc(Br)ccc1C(=O)NCCC(N)=S. The van der Waals surface area contributed by atoms with E-state index in [2.05, 4.69) is 21.2 Å². The molecular weight excluding hydrogens is 288 g/mol. The van der Waals surface area contributed by atoms with Crippen LogP contribution in [0.15, 0.2) is 22.7 Å². The van der Waals surface area contributed by atoms with Gasteiger partial charge in [0.05, 0.1) is 4.99 Å². The molecule has 1 aromatic rings. The molecular formula is C11H13BrN2OS. The number of amides is 1. The van der Waals surface area contributed by atoms with E-state index in [-0.39, 0.29) is 5.91 Å². The summed E-state index contributed by atoms with van der Waals surface area (Å²) in [5.41, 5.74) is 6.95. The molecule has 16 heavy (non-hydrogen) atoms. The number of carbonyl (C=O) groups is 1. The molecule has 0 aliphatic carbocycles. The zero-order chi connectivity index (χ0) is 12.1. The van der Waals surface area contributed by atoms with E-state index in [4.69, 9.17) is 18.0 Å². The summed E-state index contributed by atoms with van der Waals surface area (Å²) in [4.78, 5) is 12.2. The summed E-state index contributed by atoms with van der Waals surface area (Å²) >= 11 is 8.08. The lowest BCUT2D eigenvalue weighted by Gasteiger charge is -2.07. The fourth-order valence-corrected chi connectivity index (χ4v) is 1.85. The van der Waals surface area contributed by atoms with Crippen LogP contribution in [0, 0.1) is 6.92 Å². The minimum atomic E-state index is -0.0961. The van der Waals surface area contributed by atoms with E-state index >= 15 is 0 Å². The third-order valence-electron chi connectivity index (χ3n) is 2.09. The van der Waals surface area contributed by atoms with Gasteiger partial charge in [0.25, 0.3) is 5.91 Å². The van der Waals surface area contributed by atoms with Gasteiger partial charge in [0.1, 0.15) is 0 Å². The summed E-state index contributed by atoms with van der Waals surface area (Å²) in [6.45, 7) is 2.37. The first-order valence-corrected chi connectivity index (χ1v) is 6.03. The number of nitrogens with one attached hydrogen (secondary N) is 1. The maximum Gasteiger partial charge on any atom is 0.251 e. The standard InChI is InChI=1S/C11H13BrN2OS/c1-7-6-8(12)2-3-9(7)11(15)14-5-4-10(13)16/h2-3,6H,4-5H2,1H3,(H2,13,16)(H,14,15). The number of benzene rings is 1. The van der Waals surface area contributed by atoms with Crippen molar-refractivity contribution in [1.82, 2.24) is 5.32 Å². The minimum Gasteiger partial charge on any atom is -0.393 e. The van der Waals surface area contributed by atoms with Crippen molar-refractivity contribution in [3.8, 4) is 0 Å². The highest BCUT2D eigenvalue weighted by Gasteiger charge is 2.08. The Labute approximate surface area is 109 Å². The highest BCUT2D eigenvalue weighted by atomic mass is 79.9. The van der Waals surface area contributed by atoms with Crippen molar-refractivity contribution in [3.05, 3.63) is 33.8 Å². The molecule has 0 saturated carbocycles. The van der Waals surface area contributed by atoms with Crippen LogP contribution in [-0.2, 0) is 0 Å². The third kappa shape index (κ3) is 3.90. The van der Waals surface area contributed by atoms with Gasteiger partial charge in [0.15, 0.2) is 0 Å². The van der Waals surface area contributed by atoms with Crippen LogP contribution in [0.2, 0.25) is 0 Å². The van der Waals surface area contributed by atoms with Crippen LogP contribution in [0.1, 0.15) is 22.3 Å². The summed E-state index contributed by atoms with van der Waals surface area (Å²) in [5, 5.41) is 2.77. The van der Waals surface area contributed by atoms with Crippen LogP contribution in [0.4, 0.5) is 0 Å². The molecule has 0 aliphatic heterocycles. The Hall–Kier alpha value is -0.940. The second kappa shape index (κ2) is 5.96. The lowest BCUT2D eigenvalue weighted by molar-refractivity contribution is 0.0954. The summed E-state index contributed by atoms with van der Waals surface area (Å²) in [5.74, 6) is -0.0961. The summed E-state index contributed by atoms with van der Waals surface area (Å²) < 4.78 is 0.963. The van der Waals surface area contributed by atoms with Gasteiger partial charge in [-0.15, -0.1) is 0 Å². The van der Waals surface area contributed by atoms with Crippen LogP contribution >= 0.6 is 28.1 Å². The fraction of sp³-hybridized carbons (Fsp3) is 0.273. The van der Waals surface area contributed by atoms with E-state index < -0.39 is 0 Å². The average molecular weight is 301 g/mol. The van der Waals surface area contributed by atoms with E-state index in [1.54, 1.807) is 6.07 Å². The van der Waals surface area contributed by atoms with Crippen molar-refractivity contribution in [3.63, 3.8) is 0 Å². The number of rotatable bonds is 4. The number of hydrogen-bond donors (Lipinski definition) is 2. The van der Waals surface area contributed by atoms with Gasteiger partial charge in [-0.3, -0.25) is 4.79 Å². The lowest BCUT2D eigenvalue weighted by Crippen LogP contribution is -2.27. The van der Waals surface area contributed by atoms with E-state index in [1.165, 1.54) is 0 Å². The lowest BCUT2D eigenvalue weighted by atomic mass is 10.1. The predicted octanol–water partition coefficient (Wildman–Crippen LogP) is 2.16. The molecule has 0 atom stereocenters. The Bertz CT molecular complexity index is 420. The van der Waals surface area contributed by atoms with Gasteiger partial charge in [-0.05, 0) is 30.7 Å². The van der Waals surface area contributed by atoms with Gasteiger partial charge < -0.3 is 11.1 Å². The maximum absolute atomic E-state index is 11.7. The first-order chi connectivity index (χ1) is 7.50. The molecule has 0 bridgehead atoms. The van der Waals surface area contributed by atoms with Crippen LogP contribution in [0.25, 0.3) is 0 Å². The molecule has 1 aromatic carbocycles. The summed E-state index contributed by atoms with van der Waals surface area (Å²) in [7, 11) is 0. The summed E-state index contributed by atoms with van der Waals surface area (Å²) in [6, 6.07) is 5.54. The number of halogens is 1. The number of hydrogen-bond acceptors (Lipinski definition) is 2.